The maximum absolute atomic E-state index is 12.5. The molecule has 0 aromatic heterocycles. The van der Waals surface area contributed by atoms with Gasteiger partial charge in [0.05, 0.1) is 12.7 Å². The highest BCUT2D eigenvalue weighted by Crippen LogP contribution is 2.34. The molecule has 0 fully saturated rings. The van der Waals surface area contributed by atoms with E-state index in [0.29, 0.717) is 0 Å². The van der Waals surface area contributed by atoms with Crippen LogP contribution >= 0.6 is 0 Å². The Balaban J connectivity index is 3.20. The van der Waals surface area contributed by atoms with E-state index in [9.17, 15) is 13.9 Å². The van der Waals surface area contributed by atoms with Gasteiger partial charge in [-0.05, 0) is 12.1 Å². The Morgan fingerprint density at radius 2 is 2.13 bits per heavy atom. The van der Waals surface area contributed by atoms with Crippen LogP contribution in [0.4, 0.5) is 8.78 Å². The van der Waals surface area contributed by atoms with Gasteiger partial charge in [0.1, 0.15) is 11.5 Å². The van der Waals surface area contributed by atoms with Gasteiger partial charge in [-0.3, -0.25) is 0 Å². The zero-order valence-electron chi connectivity index (χ0n) is 8.00. The van der Waals surface area contributed by atoms with Crippen LogP contribution in [0, 0.1) is 0 Å². The molecule has 0 amide bonds. The molecule has 0 aliphatic heterocycles. The molecule has 84 valence electrons. The van der Waals surface area contributed by atoms with Crippen molar-refractivity contribution in [3.05, 3.63) is 23.3 Å². The van der Waals surface area contributed by atoms with Gasteiger partial charge in [-0.1, -0.05) is 0 Å². The number of ether oxygens (including phenoxy) is 1. The van der Waals surface area contributed by atoms with Gasteiger partial charge in [0.25, 0.3) is 6.43 Å². The second-order valence-electron chi connectivity index (χ2n) is 2.86. The lowest BCUT2D eigenvalue weighted by atomic mass is 10.1. The number of alkyl halides is 2. The van der Waals surface area contributed by atoms with Crippen LogP contribution in [0.3, 0.4) is 0 Å². The Kier molecular flexibility index (Phi) is 3.81. The molecule has 0 aliphatic rings. The molecule has 15 heavy (non-hydrogen) atoms. The predicted octanol–water partition coefficient (Wildman–Crippen LogP) is 1.82. The smallest absolute Gasteiger partial charge is 0.267 e. The fourth-order valence-electron chi connectivity index (χ4n) is 1.19. The van der Waals surface area contributed by atoms with Crippen LogP contribution in [0.1, 0.15) is 17.6 Å². The third-order valence-corrected chi connectivity index (χ3v) is 1.93. The number of benzene rings is 1. The largest absolute Gasteiger partial charge is 0.507 e. The number of rotatable bonds is 4. The summed E-state index contributed by atoms with van der Waals surface area (Å²) in [7, 11) is 1.33. The van der Waals surface area contributed by atoms with Crippen LogP contribution in [0.15, 0.2) is 12.1 Å². The lowest BCUT2D eigenvalue weighted by Crippen LogP contribution is -2.07. The minimum Gasteiger partial charge on any atom is -0.507 e. The molecule has 0 saturated heterocycles. The maximum Gasteiger partial charge on any atom is 0.267 e. The van der Waals surface area contributed by atoms with Gasteiger partial charge in [-0.2, -0.15) is 0 Å². The molecule has 1 aromatic rings. The number of phenolic OH excluding ortho intramolecular Hbond substituents is 1. The van der Waals surface area contributed by atoms with Gasteiger partial charge in [-0.25, -0.2) is 14.3 Å². The van der Waals surface area contributed by atoms with Gasteiger partial charge in [-0.15, -0.1) is 0 Å². The molecule has 1 rings (SSSR count). The molecule has 0 heterocycles. The van der Waals surface area contributed by atoms with E-state index in [1.807, 2.05) is 0 Å². The Morgan fingerprint density at radius 1 is 1.47 bits per heavy atom. The highest BCUT2D eigenvalue weighted by Gasteiger charge is 2.17. The summed E-state index contributed by atoms with van der Waals surface area (Å²) in [5.41, 5.74) is 1.41. The molecule has 0 unspecified atom stereocenters. The summed E-state index contributed by atoms with van der Waals surface area (Å²) in [6, 6.07) is 2.42. The first-order valence-corrected chi connectivity index (χ1v) is 4.15. The van der Waals surface area contributed by atoms with Crippen LogP contribution < -0.4 is 10.2 Å². The molecule has 0 aliphatic carbocycles. The number of hydrogen-bond acceptors (Lipinski definition) is 4. The normalized spacial score (nSPS) is 10.7. The van der Waals surface area contributed by atoms with Gasteiger partial charge < -0.3 is 15.1 Å². The van der Waals surface area contributed by atoms with Crippen molar-refractivity contribution < 1.29 is 23.8 Å². The Morgan fingerprint density at radius 3 is 2.60 bits per heavy atom. The lowest BCUT2D eigenvalue weighted by Gasteiger charge is -2.11. The average Bonchev–Trinajstić information content (AvgIpc) is 2.21. The summed E-state index contributed by atoms with van der Waals surface area (Å²) in [6.07, 6.45) is -2.79. The summed E-state index contributed by atoms with van der Waals surface area (Å²) in [6.45, 7) is -0.136. The van der Waals surface area contributed by atoms with Crippen molar-refractivity contribution >= 4 is 0 Å². The van der Waals surface area contributed by atoms with Crippen molar-refractivity contribution in [1.82, 2.24) is 5.48 Å². The predicted molar refractivity (Wildman–Crippen MR) is 48.2 cm³/mol. The second kappa shape index (κ2) is 4.90. The number of phenols is 1. The van der Waals surface area contributed by atoms with E-state index in [1.54, 1.807) is 5.48 Å². The zero-order valence-corrected chi connectivity index (χ0v) is 8.00. The fourth-order valence-corrected chi connectivity index (χ4v) is 1.19. The summed E-state index contributed by atoms with van der Waals surface area (Å²) in [4.78, 5) is 0. The van der Waals surface area contributed by atoms with Gasteiger partial charge in [0.2, 0.25) is 0 Å². The molecular formula is C9H11F2NO3. The van der Waals surface area contributed by atoms with Crippen molar-refractivity contribution in [3.8, 4) is 11.5 Å². The highest BCUT2D eigenvalue weighted by molar-refractivity contribution is 5.46. The monoisotopic (exact) mass is 219 g/mol. The highest BCUT2D eigenvalue weighted by atomic mass is 19.3. The first-order valence-electron chi connectivity index (χ1n) is 4.15. The molecule has 0 saturated carbocycles. The number of methoxy groups -OCH3 is 1. The molecule has 1 aromatic carbocycles. The van der Waals surface area contributed by atoms with Crippen molar-refractivity contribution in [2.45, 2.75) is 13.0 Å². The molecule has 4 nitrogen and oxygen atoms in total. The number of nitrogens with one attached hydrogen (secondary N) is 1. The van der Waals surface area contributed by atoms with Crippen molar-refractivity contribution in [1.29, 1.82) is 0 Å². The van der Waals surface area contributed by atoms with E-state index >= 15 is 0 Å². The minimum absolute atomic E-state index is 0.136. The van der Waals surface area contributed by atoms with Crippen LogP contribution in [-0.2, 0) is 6.54 Å². The quantitative estimate of drug-likeness (QED) is 0.676. The minimum atomic E-state index is -2.79. The molecule has 0 atom stereocenters. The van der Waals surface area contributed by atoms with Crippen LogP contribution in [0.2, 0.25) is 0 Å². The van der Waals surface area contributed by atoms with Gasteiger partial charge in [0.15, 0.2) is 0 Å². The average molecular weight is 219 g/mol. The standard InChI is InChI=1S/C9H11F2NO3/c1-15-6-2-5(4-12-14)8(13)7(3-6)9(10)11/h2-3,9,12-14H,4H2,1H3. The van der Waals surface area contributed by atoms with E-state index in [0.717, 1.165) is 6.07 Å². The summed E-state index contributed by atoms with van der Waals surface area (Å²) >= 11 is 0. The van der Waals surface area contributed by atoms with Crippen molar-refractivity contribution in [2.75, 3.05) is 7.11 Å². The molecule has 0 radical (unpaired) electrons. The summed E-state index contributed by atoms with van der Waals surface area (Å²) < 4.78 is 29.7. The molecule has 3 N–H and O–H groups in total. The SMILES string of the molecule is COc1cc(CNO)c(O)c(C(F)F)c1. The number of hydrogen-bond donors (Lipinski definition) is 3. The number of halogens is 2. The summed E-state index contributed by atoms with van der Waals surface area (Å²) in [5, 5.41) is 17.9. The van der Waals surface area contributed by atoms with E-state index in [4.69, 9.17) is 9.94 Å². The Hall–Kier alpha value is -1.40. The van der Waals surface area contributed by atoms with E-state index in [1.165, 1.54) is 13.2 Å². The number of hydroxylamine groups is 1. The van der Waals surface area contributed by atoms with Crippen LogP contribution in [0.5, 0.6) is 11.5 Å². The zero-order chi connectivity index (χ0) is 11.4. The number of aromatic hydroxyl groups is 1. The third kappa shape index (κ3) is 2.54. The molecule has 0 bridgehead atoms. The molecule has 0 spiro atoms. The van der Waals surface area contributed by atoms with E-state index < -0.39 is 17.7 Å². The van der Waals surface area contributed by atoms with Gasteiger partial charge in [0, 0.05) is 12.1 Å². The van der Waals surface area contributed by atoms with Crippen molar-refractivity contribution in [3.63, 3.8) is 0 Å². The maximum atomic E-state index is 12.5. The van der Waals surface area contributed by atoms with Crippen LogP contribution in [-0.4, -0.2) is 17.4 Å². The lowest BCUT2D eigenvalue weighted by molar-refractivity contribution is 0.144. The molecular weight excluding hydrogens is 208 g/mol. The summed E-state index contributed by atoms with van der Waals surface area (Å²) in [5.74, 6) is -0.333. The van der Waals surface area contributed by atoms with Crippen molar-refractivity contribution in [2.24, 2.45) is 0 Å². The third-order valence-electron chi connectivity index (χ3n) is 1.93. The molecule has 6 heteroatoms. The Bertz CT molecular complexity index is 344. The topological polar surface area (TPSA) is 61.7 Å². The van der Waals surface area contributed by atoms with E-state index in [-0.39, 0.29) is 17.9 Å². The van der Waals surface area contributed by atoms with Crippen LogP contribution in [0.25, 0.3) is 0 Å². The first kappa shape index (κ1) is 11.7. The first-order chi connectivity index (χ1) is 7.10. The second-order valence-corrected chi connectivity index (χ2v) is 2.86. The van der Waals surface area contributed by atoms with Gasteiger partial charge >= 0.3 is 0 Å². The Labute approximate surface area is 85.1 Å². The van der Waals surface area contributed by atoms with E-state index in [2.05, 4.69) is 0 Å². The fraction of sp³-hybridized carbons (Fsp3) is 0.333.